The Morgan fingerprint density at radius 2 is 1.73 bits per heavy atom. The molecular weight excluding hydrogens is 582 g/mol. The lowest BCUT2D eigenvalue weighted by Crippen LogP contribution is -2.44. The third kappa shape index (κ3) is 6.33. The summed E-state index contributed by atoms with van der Waals surface area (Å²) < 4.78 is 6.85. The summed E-state index contributed by atoms with van der Waals surface area (Å²) in [6.07, 6.45) is 1.17. The predicted molar refractivity (Wildman–Crippen MR) is 172 cm³/mol. The summed E-state index contributed by atoms with van der Waals surface area (Å²) in [5.74, 6) is -1.63. The number of nitrogens with two attached hydrogens (primary N) is 2. The maximum atomic E-state index is 14.3. The van der Waals surface area contributed by atoms with Crippen molar-refractivity contribution in [3.05, 3.63) is 48.6 Å². The van der Waals surface area contributed by atoms with E-state index in [1.54, 1.807) is 6.07 Å². The summed E-state index contributed by atoms with van der Waals surface area (Å²) in [5.41, 5.74) is 9.81. The minimum absolute atomic E-state index is 0.0188. The van der Waals surface area contributed by atoms with Crippen LogP contribution in [0.1, 0.15) is 53.0 Å². The Hall–Kier alpha value is -4.56. The average molecular weight is 624 g/mol. The summed E-state index contributed by atoms with van der Waals surface area (Å²) in [7, 11) is 1.38. The largest absolute Gasteiger partial charge is 0.494 e. The normalized spacial score (nSPS) is 13.1. The van der Waals surface area contributed by atoms with E-state index in [0.717, 1.165) is 9.13 Å². The molecule has 45 heavy (non-hydrogen) atoms. The lowest BCUT2D eigenvalue weighted by Gasteiger charge is -2.24. The number of carbonyl (C=O) groups is 2. The van der Waals surface area contributed by atoms with E-state index in [1.807, 2.05) is 27.7 Å². The van der Waals surface area contributed by atoms with Gasteiger partial charge in [0.2, 0.25) is 17.7 Å². The van der Waals surface area contributed by atoms with E-state index in [-0.39, 0.29) is 76.2 Å². The summed E-state index contributed by atoms with van der Waals surface area (Å²) in [6.45, 7) is 7.48. The van der Waals surface area contributed by atoms with Crippen LogP contribution in [0.2, 0.25) is 0 Å². The number of hydrogen-bond acceptors (Lipinski definition) is 10. The van der Waals surface area contributed by atoms with Crippen molar-refractivity contribution in [2.24, 2.45) is 16.5 Å². The Bertz CT molecular complexity index is 1930. The third-order valence-corrected chi connectivity index (χ3v) is 7.57. The molecule has 242 valence electrons. The molecule has 0 radical (unpaired) electrons. The molecule has 0 saturated carbocycles. The molecule has 2 heterocycles. The number of aromatic nitrogens is 2. The number of amides is 2. The number of anilines is 1. The number of rotatable bonds is 14. The van der Waals surface area contributed by atoms with Gasteiger partial charge in [-0.25, -0.2) is 0 Å². The van der Waals surface area contributed by atoms with Gasteiger partial charge in [0.1, 0.15) is 12.6 Å². The van der Waals surface area contributed by atoms with Crippen LogP contribution >= 0.6 is 0 Å². The minimum atomic E-state index is -1.23. The number of primary amides is 1. The molecule has 0 fully saturated rings. The number of benzene rings is 2. The van der Waals surface area contributed by atoms with Crippen LogP contribution in [0.3, 0.4) is 0 Å². The van der Waals surface area contributed by atoms with Crippen molar-refractivity contribution in [2.45, 2.75) is 71.6 Å². The van der Waals surface area contributed by atoms with Gasteiger partial charge in [0.05, 0.1) is 21.7 Å². The van der Waals surface area contributed by atoms with Crippen molar-refractivity contribution in [3.63, 3.8) is 0 Å². The topological polar surface area (TPSA) is 213 Å². The molecule has 0 saturated heterocycles. The van der Waals surface area contributed by atoms with E-state index < -0.39 is 40.4 Å². The van der Waals surface area contributed by atoms with E-state index >= 15 is 0 Å². The van der Waals surface area contributed by atoms with Crippen LogP contribution < -0.4 is 44.1 Å². The fraction of sp³-hybridized carbons (Fsp3) is 0.484. The zero-order valence-corrected chi connectivity index (χ0v) is 26.2. The van der Waals surface area contributed by atoms with Crippen molar-refractivity contribution < 1.29 is 19.4 Å². The summed E-state index contributed by atoms with van der Waals surface area (Å²) in [6, 6.07) is 1.31. The van der Waals surface area contributed by atoms with Gasteiger partial charge in [0.25, 0.3) is 16.7 Å². The SMILES string of the molecule is COCC(=O)NCCn1c(O)c2cc(NC(C)C)c3c4c2c(c(=NC(C)C)cc-4c(=O)n([C@@H](CCCCN)C(N)=O)c3=O)c1=O. The van der Waals surface area contributed by atoms with Crippen molar-refractivity contribution in [2.75, 3.05) is 32.1 Å². The summed E-state index contributed by atoms with van der Waals surface area (Å²) in [5, 5.41) is 18.2. The quantitative estimate of drug-likeness (QED) is 0.0970. The number of hydrogen-bond donors (Lipinski definition) is 5. The molecular formula is C31H41N7O7. The van der Waals surface area contributed by atoms with Crippen LogP contribution in [0, 0.1) is 0 Å². The van der Waals surface area contributed by atoms with Crippen molar-refractivity contribution in [3.8, 4) is 17.0 Å². The molecule has 7 N–H and O–H groups in total. The lowest BCUT2D eigenvalue weighted by molar-refractivity contribution is -0.124. The Morgan fingerprint density at radius 3 is 2.33 bits per heavy atom. The Kier molecular flexibility index (Phi) is 10.1. The molecule has 1 aliphatic heterocycles. The molecule has 0 unspecified atom stereocenters. The van der Waals surface area contributed by atoms with E-state index in [0.29, 0.717) is 25.1 Å². The van der Waals surface area contributed by atoms with Gasteiger partial charge in [0.15, 0.2) is 0 Å². The second-order valence-electron chi connectivity index (χ2n) is 11.7. The second-order valence-corrected chi connectivity index (χ2v) is 11.7. The van der Waals surface area contributed by atoms with Crippen LogP contribution in [-0.4, -0.2) is 64.9 Å². The highest BCUT2D eigenvalue weighted by Gasteiger charge is 2.32. The van der Waals surface area contributed by atoms with Gasteiger partial charge < -0.3 is 31.9 Å². The van der Waals surface area contributed by atoms with Gasteiger partial charge in [0, 0.05) is 54.3 Å². The molecule has 0 spiro atoms. The predicted octanol–water partition coefficient (Wildman–Crippen LogP) is 0.410. The van der Waals surface area contributed by atoms with Crippen LogP contribution in [0.4, 0.5) is 5.69 Å². The Balaban J connectivity index is 2.19. The number of nitrogens with zero attached hydrogens (tertiary/aromatic N) is 3. The molecule has 1 aliphatic carbocycles. The van der Waals surface area contributed by atoms with E-state index in [4.69, 9.17) is 16.2 Å². The molecule has 2 aliphatic rings. The minimum Gasteiger partial charge on any atom is -0.494 e. The van der Waals surface area contributed by atoms with Gasteiger partial charge >= 0.3 is 0 Å². The van der Waals surface area contributed by atoms with Gasteiger partial charge in [-0.1, -0.05) is 0 Å². The van der Waals surface area contributed by atoms with E-state index in [9.17, 15) is 29.1 Å². The molecule has 4 rings (SSSR count). The molecule has 2 amide bonds. The zero-order valence-electron chi connectivity index (χ0n) is 26.2. The van der Waals surface area contributed by atoms with E-state index in [1.165, 1.54) is 13.2 Å². The van der Waals surface area contributed by atoms with Gasteiger partial charge in [-0.15, -0.1) is 0 Å². The van der Waals surface area contributed by atoms with Crippen LogP contribution in [0.5, 0.6) is 5.88 Å². The van der Waals surface area contributed by atoms with Crippen LogP contribution in [-0.2, 0) is 20.9 Å². The molecule has 1 aromatic heterocycles. The standard InChI is InChI=1S/C31H41N7O7/c1-15(2)35-19-13-18-24-23-17(28(41)37(30(43)25(19)23)11-10-34-22(39)14-45-5)12-20(36-16(3)4)26(24)31(44)38(29(18)42)21(27(33)40)8-6-7-9-32/h12-13,15-16,21,36,41H,6-11,14,32H2,1-5H3,(H2,33,40)(H,34,39)/t21-/m0/s1. The lowest BCUT2D eigenvalue weighted by atomic mass is 9.89. The number of carbonyl (C=O) groups excluding carboxylic acids is 2. The molecule has 14 heteroatoms. The van der Waals surface area contributed by atoms with Crippen molar-refractivity contribution >= 4 is 39.0 Å². The fourth-order valence-corrected chi connectivity index (χ4v) is 5.79. The Labute approximate surface area is 258 Å². The molecule has 1 atom stereocenters. The smallest absolute Gasteiger partial charge is 0.264 e. The number of methoxy groups -OCH3 is 1. The second kappa shape index (κ2) is 13.6. The fourth-order valence-electron chi connectivity index (χ4n) is 5.79. The van der Waals surface area contributed by atoms with Gasteiger partial charge in [-0.3, -0.25) is 38.1 Å². The summed E-state index contributed by atoms with van der Waals surface area (Å²) in [4.78, 5) is 71.8. The number of aromatic hydroxyl groups is 1. The first-order valence-corrected chi connectivity index (χ1v) is 15.0. The number of pyridine rings is 2. The molecule has 14 nitrogen and oxygen atoms in total. The average Bonchev–Trinajstić information content (AvgIpc) is 2.95. The maximum absolute atomic E-state index is 14.3. The first-order valence-electron chi connectivity index (χ1n) is 15.0. The monoisotopic (exact) mass is 623 g/mol. The van der Waals surface area contributed by atoms with E-state index in [2.05, 4.69) is 15.6 Å². The van der Waals surface area contributed by atoms with Gasteiger partial charge in [-0.2, -0.15) is 0 Å². The Morgan fingerprint density at radius 1 is 1.02 bits per heavy atom. The summed E-state index contributed by atoms with van der Waals surface area (Å²) >= 11 is 0. The molecule has 1 aromatic carbocycles. The number of nitrogens with one attached hydrogen (secondary N) is 2. The van der Waals surface area contributed by atoms with Crippen molar-refractivity contribution in [1.82, 2.24) is 14.5 Å². The van der Waals surface area contributed by atoms with Crippen LogP contribution in [0.25, 0.3) is 32.7 Å². The molecule has 0 bridgehead atoms. The van der Waals surface area contributed by atoms with Crippen molar-refractivity contribution in [1.29, 1.82) is 0 Å². The van der Waals surface area contributed by atoms with Gasteiger partial charge in [-0.05, 0) is 65.6 Å². The first kappa shape index (κ1) is 33.3. The highest BCUT2D eigenvalue weighted by Crippen LogP contribution is 2.41. The maximum Gasteiger partial charge on any atom is 0.264 e. The number of ether oxygens (including phenoxy) is 1. The highest BCUT2D eigenvalue weighted by molar-refractivity contribution is 6.19. The third-order valence-electron chi connectivity index (χ3n) is 7.57. The first-order chi connectivity index (χ1) is 21.3. The molecule has 2 aromatic rings. The zero-order chi connectivity index (χ0) is 33.2. The van der Waals surface area contributed by atoms with Crippen LogP contribution in [0.15, 0.2) is 31.5 Å². The highest BCUT2D eigenvalue weighted by atomic mass is 16.5. The number of unbranched alkanes of at least 4 members (excludes halogenated alkanes) is 1.